The maximum atomic E-state index is 14.4. The SMILES string of the molecule is COCC1=C[C@]2(C)C3=CC(=O)[C@@H]4[C@@H]5CC(C)(C)CC[C@]5(C(=O)OC)CC[C@@]4(C)[C@@H]3CC[C@H]2C(C)(C)[C@H]1OC. The Labute approximate surface area is 230 Å². The number of ether oxygens (including phenoxy) is 3. The van der Waals surface area contributed by atoms with Crippen LogP contribution in [0.4, 0.5) is 0 Å². The highest BCUT2D eigenvalue weighted by Gasteiger charge is 2.67. The van der Waals surface area contributed by atoms with Gasteiger partial charge in [0.05, 0.1) is 25.2 Å². The topological polar surface area (TPSA) is 61.8 Å². The molecule has 0 aromatic rings. The van der Waals surface area contributed by atoms with Gasteiger partial charge in [-0.25, -0.2) is 0 Å². The third kappa shape index (κ3) is 3.70. The van der Waals surface area contributed by atoms with E-state index in [1.165, 1.54) is 18.3 Å². The quantitative estimate of drug-likeness (QED) is 0.307. The van der Waals surface area contributed by atoms with E-state index in [2.05, 4.69) is 47.6 Å². The summed E-state index contributed by atoms with van der Waals surface area (Å²) in [4.78, 5) is 27.8. The van der Waals surface area contributed by atoms with E-state index in [0.717, 1.165) is 44.9 Å². The first-order valence-electron chi connectivity index (χ1n) is 14.8. The monoisotopic (exact) mass is 526 g/mol. The van der Waals surface area contributed by atoms with E-state index in [1.807, 2.05) is 6.08 Å². The predicted octanol–water partition coefficient (Wildman–Crippen LogP) is 6.56. The molecule has 212 valence electrons. The van der Waals surface area contributed by atoms with E-state index < -0.39 is 5.41 Å². The Morgan fingerprint density at radius 3 is 2.29 bits per heavy atom. The van der Waals surface area contributed by atoms with Gasteiger partial charge in [0.2, 0.25) is 0 Å². The van der Waals surface area contributed by atoms with Gasteiger partial charge in [0.15, 0.2) is 5.78 Å². The van der Waals surface area contributed by atoms with Crippen molar-refractivity contribution in [1.82, 2.24) is 0 Å². The Bertz CT molecular complexity index is 1070. The zero-order chi connectivity index (χ0) is 27.9. The maximum absolute atomic E-state index is 14.4. The van der Waals surface area contributed by atoms with Crippen LogP contribution in [-0.4, -0.2) is 45.8 Å². The van der Waals surface area contributed by atoms with Crippen molar-refractivity contribution in [3.63, 3.8) is 0 Å². The zero-order valence-corrected chi connectivity index (χ0v) is 25.2. The van der Waals surface area contributed by atoms with Crippen molar-refractivity contribution in [1.29, 1.82) is 0 Å². The summed E-state index contributed by atoms with van der Waals surface area (Å²) in [6, 6.07) is 0. The minimum absolute atomic E-state index is 0.000116. The first-order chi connectivity index (χ1) is 17.7. The molecule has 0 aromatic carbocycles. The molecule has 3 fully saturated rings. The summed E-state index contributed by atoms with van der Waals surface area (Å²) >= 11 is 0. The highest BCUT2D eigenvalue weighted by atomic mass is 16.5. The molecular weight excluding hydrogens is 476 g/mol. The summed E-state index contributed by atoms with van der Waals surface area (Å²) < 4.78 is 17.2. The van der Waals surface area contributed by atoms with Crippen molar-refractivity contribution >= 4 is 11.8 Å². The molecule has 0 aromatic heterocycles. The molecule has 0 spiro atoms. The number of hydrogen-bond donors (Lipinski definition) is 0. The normalized spacial score (nSPS) is 45.0. The zero-order valence-electron chi connectivity index (χ0n) is 25.2. The van der Waals surface area contributed by atoms with Crippen molar-refractivity contribution in [3.8, 4) is 0 Å². The van der Waals surface area contributed by atoms with Crippen molar-refractivity contribution in [2.45, 2.75) is 92.6 Å². The third-order valence-corrected chi connectivity index (χ3v) is 12.4. The molecule has 0 radical (unpaired) electrons. The Morgan fingerprint density at radius 2 is 1.66 bits per heavy atom. The Hall–Kier alpha value is -1.46. The fourth-order valence-electron chi connectivity index (χ4n) is 10.7. The van der Waals surface area contributed by atoms with Crippen molar-refractivity contribution in [2.75, 3.05) is 27.9 Å². The number of esters is 1. The van der Waals surface area contributed by atoms with Crippen LogP contribution >= 0.6 is 0 Å². The molecule has 0 aliphatic heterocycles. The first-order valence-corrected chi connectivity index (χ1v) is 14.8. The van der Waals surface area contributed by atoms with E-state index in [-0.39, 0.29) is 51.4 Å². The van der Waals surface area contributed by atoms with E-state index in [1.54, 1.807) is 14.2 Å². The van der Waals surface area contributed by atoms with Crippen molar-refractivity contribution < 1.29 is 23.8 Å². The number of ketones is 1. The molecule has 0 saturated heterocycles. The maximum Gasteiger partial charge on any atom is 0.312 e. The third-order valence-electron chi connectivity index (χ3n) is 12.4. The van der Waals surface area contributed by atoms with Crippen LogP contribution in [0.25, 0.3) is 0 Å². The molecule has 8 atom stereocenters. The lowest BCUT2D eigenvalue weighted by molar-refractivity contribution is -0.183. The number of rotatable bonds is 4. The van der Waals surface area contributed by atoms with Gasteiger partial charge in [0.1, 0.15) is 0 Å². The van der Waals surface area contributed by atoms with Gasteiger partial charge in [0.25, 0.3) is 0 Å². The molecule has 3 saturated carbocycles. The number of allylic oxidation sites excluding steroid dienone is 3. The molecule has 0 bridgehead atoms. The molecule has 0 heterocycles. The van der Waals surface area contributed by atoms with Gasteiger partial charge in [-0.05, 0) is 90.6 Å². The van der Waals surface area contributed by atoms with Gasteiger partial charge in [-0.3, -0.25) is 9.59 Å². The summed E-state index contributed by atoms with van der Waals surface area (Å²) in [7, 11) is 5.07. The van der Waals surface area contributed by atoms with Crippen LogP contribution in [0.2, 0.25) is 0 Å². The van der Waals surface area contributed by atoms with Gasteiger partial charge in [-0.1, -0.05) is 53.2 Å². The Morgan fingerprint density at radius 1 is 0.974 bits per heavy atom. The average molecular weight is 527 g/mol. The second-order valence-corrected chi connectivity index (χ2v) is 15.2. The van der Waals surface area contributed by atoms with E-state index in [4.69, 9.17) is 14.2 Å². The number of methoxy groups -OCH3 is 3. The molecule has 0 unspecified atom stereocenters. The molecule has 5 rings (SSSR count). The van der Waals surface area contributed by atoms with Crippen molar-refractivity contribution in [3.05, 3.63) is 23.3 Å². The van der Waals surface area contributed by atoms with Crippen LogP contribution < -0.4 is 0 Å². The minimum Gasteiger partial charge on any atom is -0.469 e. The summed E-state index contributed by atoms with van der Waals surface area (Å²) in [6.45, 7) is 14.6. The molecular formula is C33H50O5. The van der Waals surface area contributed by atoms with E-state index in [9.17, 15) is 9.59 Å². The smallest absolute Gasteiger partial charge is 0.312 e. The molecule has 5 aliphatic carbocycles. The van der Waals surface area contributed by atoms with Crippen LogP contribution in [-0.2, 0) is 23.8 Å². The second-order valence-electron chi connectivity index (χ2n) is 15.2. The second kappa shape index (κ2) is 9.03. The van der Waals surface area contributed by atoms with Crippen LogP contribution in [0, 0.1) is 50.7 Å². The number of carbonyl (C=O) groups excluding carboxylic acids is 2. The molecule has 5 heteroatoms. The number of carbonyl (C=O) groups is 2. The molecule has 0 N–H and O–H groups in total. The number of hydrogen-bond acceptors (Lipinski definition) is 5. The van der Waals surface area contributed by atoms with Crippen molar-refractivity contribution in [2.24, 2.45) is 50.7 Å². The fourth-order valence-corrected chi connectivity index (χ4v) is 10.7. The lowest BCUT2D eigenvalue weighted by Gasteiger charge is -2.65. The highest BCUT2D eigenvalue weighted by Crippen LogP contribution is 2.70. The highest BCUT2D eigenvalue weighted by molar-refractivity contribution is 5.96. The van der Waals surface area contributed by atoms with Crippen LogP contribution in [0.3, 0.4) is 0 Å². The average Bonchev–Trinajstić information content (AvgIpc) is 2.83. The largest absolute Gasteiger partial charge is 0.469 e. The van der Waals surface area contributed by atoms with Gasteiger partial charge >= 0.3 is 5.97 Å². The lowest BCUT2D eigenvalue weighted by atomic mass is 9.38. The lowest BCUT2D eigenvalue weighted by Crippen LogP contribution is -2.63. The molecule has 38 heavy (non-hydrogen) atoms. The summed E-state index contributed by atoms with van der Waals surface area (Å²) in [5.41, 5.74) is 1.63. The fraction of sp³-hybridized carbons (Fsp3) is 0.818. The molecule has 0 amide bonds. The van der Waals surface area contributed by atoms with Crippen LogP contribution in [0.15, 0.2) is 23.3 Å². The Balaban J connectivity index is 1.64. The molecule has 5 nitrogen and oxygen atoms in total. The van der Waals surface area contributed by atoms with Gasteiger partial charge < -0.3 is 14.2 Å². The molecule has 5 aliphatic rings. The van der Waals surface area contributed by atoms with Gasteiger partial charge in [-0.15, -0.1) is 0 Å². The van der Waals surface area contributed by atoms with Crippen LogP contribution in [0.1, 0.15) is 86.5 Å². The van der Waals surface area contributed by atoms with Gasteiger partial charge in [-0.2, -0.15) is 0 Å². The van der Waals surface area contributed by atoms with Gasteiger partial charge in [0, 0.05) is 25.6 Å². The summed E-state index contributed by atoms with van der Waals surface area (Å²) in [6.07, 6.45) is 11.1. The first kappa shape index (κ1) is 28.1. The van der Waals surface area contributed by atoms with E-state index >= 15 is 0 Å². The standard InChI is InChI=1S/C33H50O5/c1-29(2)12-14-33(28(35)38-9)15-13-31(5)21-10-11-25-30(3,4)27(37-8)20(19-36-7)17-32(25,6)22(21)16-24(34)26(31)23(33)18-29/h16-17,21,23,25-27H,10-15,18-19H2,1-9H3/t21-,23+,25+,26+,27+,31+,32-,33+/m1/s1. The Kier molecular flexibility index (Phi) is 6.67. The summed E-state index contributed by atoms with van der Waals surface area (Å²) in [5.74, 6) is 0.766. The minimum atomic E-state index is -0.527. The summed E-state index contributed by atoms with van der Waals surface area (Å²) in [5, 5.41) is 0. The van der Waals surface area contributed by atoms with Crippen LogP contribution in [0.5, 0.6) is 0 Å². The van der Waals surface area contributed by atoms with E-state index in [0.29, 0.717) is 18.4 Å². The number of fused-ring (bicyclic) bond motifs is 7. The predicted molar refractivity (Wildman–Crippen MR) is 148 cm³/mol.